The van der Waals surface area contributed by atoms with Gasteiger partial charge in [0.15, 0.2) is 17.6 Å². The molecule has 0 amide bonds. The van der Waals surface area contributed by atoms with Crippen molar-refractivity contribution in [2.75, 3.05) is 20.3 Å². The van der Waals surface area contributed by atoms with Gasteiger partial charge < -0.3 is 19.3 Å². The quantitative estimate of drug-likeness (QED) is 0.547. The van der Waals surface area contributed by atoms with Gasteiger partial charge in [-0.2, -0.15) is 0 Å². The molecule has 0 heterocycles. The van der Waals surface area contributed by atoms with Crippen LogP contribution in [0.4, 0.5) is 5.69 Å². The van der Waals surface area contributed by atoms with Gasteiger partial charge in [0, 0.05) is 19.1 Å². The average molecular weight is 299 g/mol. The number of non-ortho nitro benzene ring substituents is 1. The SMILES string of the molecule is CCOC(CCOc1cc([N+](=O)[O-])ccc1OC)C(=O)O. The Labute approximate surface area is 121 Å². The molecule has 0 radical (unpaired) electrons. The number of carboxylic acid groups (broad SMARTS) is 1. The lowest BCUT2D eigenvalue weighted by Crippen LogP contribution is -2.26. The first-order valence-electron chi connectivity index (χ1n) is 6.29. The fraction of sp³-hybridized carbons (Fsp3) is 0.462. The monoisotopic (exact) mass is 299 g/mol. The summed E-state index contributed by atoms with van der Waals surface area (Å²) in [4.78, 5) is 21.1. The molecule has 21 heavy (non-hydrogen) atoms. The second kappa shape index (κ2) is 8.05. The molecular weight excluding hydrogens is 282 g/mol. The van der Waals surface area contributed by atoms with Crippen LogP contribution in [0.2, 0.25) is 0 Å². The molecule has 8 nitrogen and oxygen atoms in total. The number of nitrogens with zero attached hydrogens (tertiary/aromatic N) is 1. The molecule has 0 saturated heterocycles. The van der Waals surface area contributed by atoms with Gasteiger partial charge in [-0.15, -0.1) is 0 Å². The minimum Gasteiger partial charge on any atom is -0.493 e. The number of benzene rings is 1. The van der Waals surface area contributed by atoms with Crippen molar-refractivity contribution in [3.8, 4) is 11.5 Å². The fourth-order valence-corrected chi connectivity index (χ4v) is 1.65. The highest BCUT2D eigenvalue weighted by molar-refractivity contribution is 5.72. The van der Waals surface area contributed by atoms with Crippen LogP contribution < -0.4 is 9.47 Å². The Bertz CT molecular complexity index is 503. The van der Waals surface area contributed by atoms with Gasteiger partial charge in [0.1, 0.15) is 0 Å². The maximum absolute atomic E-state index is 10.9. The predicted molar refractivity (Wildman–Crippen MR) is 72.8 cm³/mol. The molecule has 8 heteroatoms. The molecule has 1 unspecified atom stereocenters. The molecule has 0 aliphatic heterocycles. The molecule has 1 rings (SSSR count). The molecule has 0 saturated carbocycles. The summed E-state index contributed by atoms with van der Waals surface area (Å²) in [7, 11) is 1.41. The summed E-state index contributed by atoms with van der Waals surface area (Å²) in [6.45, 7) is 2.01. The van der Waals surface area contributed by atoms with E-state index in [0.29, 0.717) is 5.75 Å². The number of carboxylic acids is 1. The molecule has 0 aliphatic carbocycles. The molecule has 1 aromatic rings. The van der Waals surface area contributed by atoms with Crippen molar-refractivity contribution in [2.45, 2.75) is 19.4 Å². The summed E-state index contributed by atoms with van der Waals surface area (Å²) in [6, 6.07) is 3.95. The van der Waals surface area contributed by atoms with Gasteiger partial charge in [0.05, 0.1) is 24.7 Å². The van der Waals surface area contributed by atoms with Gasteiger partial charge in [-0.3, -0.25) is 10.1 Å². The highest BCUT2D eigenvalue weighted by Gasteiger charge is 2.18. The Morgan fingerprint density at radius 2 is 2.14 bits per heavy atom. The van der Waals surface area contributed by atoms with Gasteiger partial charge in [-0.25, -0.2) is 4.79 Å². The molecule has 1 aromatic carbocycles. The van der Waals surface area contributed by atoms with Crippen molar-refractivity contribution >= 4 is 11.7 Å². The van der Waals surface area contributed by atoms with Crippen LogP contribution in [0.15, 0.2) is 18.2 Å². The molecule has 0 aliphatic rings. The first-order chi connectivity index (χ1) is 9.99. The molecule has 1 N–H and O–H groups in total. The molecule has 1 atom stereocenters. The number of hydrogen-bond acceptors (Lipinski definition) is 6. The Morgan fingerprint density at radius 1 is 1.43 bits per heavy atom. The molecule has 0 bridgehead atoms. The van der Waals surface area contributed by atoms with Crippen LogP contribution in [0.1, 0.15) is 13.3 Å². The number of aliphatic carboxylic acids is 1. The van der Waals surface area contributed by atoms with Crippen LogP contribution in [-0.2, 0) is 9.53 Å². The highest BCUT2D eigenvalue weighted by Crippen LogP contribution is 2.31. The zero-order valence-electron chi connectivity index (χ0n) is 11.8. The van der Waals surface area contributed by atoms with E-state index in [9.17, 15) is 14.9 Å². The Balaban J connectivity index is 2.71. The highest BCUT2D eigenvalue weighted by atomic mass is 16.6. The number of nitro groups is 1. The van der Waals surface area contributed by atoms with Gasteiger partial charge >= 0.3 is 5.97 Å². The summed E-state index contributed by atoms with van der Waals surface area (Å²) in [5.41, 5.74) is -0.134. The fourth-order valence-electron chi connectivity index (χ4n) is 1.65. The van der Waals surface area contributed by atoms with E-state index in [1.165, 1.54) is 25.3 Å². The van der Waals surface area contributed by atoms with E-state index in [1.807, 2.05) is 0 Å². The second-order valence-corrected chi connectivity index (χ2v) is 4.01. The Hall–Kier alpha value is -2.35. The third-order valence-electron chi connectivity index (χ3n) is 2.64. The van der Waals surface area contributed by atoms with Crippen LogP contribution in [0.5, 0.6) is 11.5 Å². The number of ether oxygens (including phenoxy) is 3. The van der Waals surface area contributed by atoms with E-state index < -0.39 is 17.0 Å². The van der Waals surface area contributed by atoms with Gasteiger partial charge in [-0.05, 0) is 13.0 Å². The van der Waals surface area contributed by atoms with Crippen LogP contribution >= 0.6 is 0 Å². The van der Waals surface area contributed by atoms with Crippen LogP contribution in [0, 0.1) is 10.1 Å². The maximum Gasteiger partial charge on any atom is 0.332 e. The van der Waals surface area contributed by atoms with Gasteiger partial charge in [-0.1, -0.05) is 0 Å². The normalized spacial score (nSPS) is 11.7. The maximum atomic E-state index is 10.9. The number of hydrogen-bond donors (Lipinski definition) is 1. The molecule has 116 valence electrons. The van der Waals surface area contributed by atoms with Crippen molar-refractivity contribution in [3.63, 3.8) is 0 Å². The largest absolute Gasteiger partial charge is 0.493 e. The Kier molecular flexibility index (Phi) is 6.41. The van der Waals surface area contributed by atoms with Crippen LogP contribution in [0.25, 0.3) is 0 Å². The van der Waals surface area contributed by atoms with Crippen LogP contribution in [-0.4, -0.2) is 42.4 Å². The van der Waals surface area contributed by atoms with E-state index >= 15 is 0 Å². The topological polar surface area (TPSA) is 108 Å². The van der Waals surface area contributed by atoms with Crippen molar-refractivity contribution in [3.05, 3.63) is 28.3 Å². The van der Waals surface area contributed by atoms with E-state index in [1.54, 1.807) is 6.92 Å². The lowest BCUT2D eigenvalue weighted by atomic mass is 10.2. The average Bonchev–Trinajstić information content (AvgIpc) is 2.45. The molecule has 0 spiro atoms. The first-order valence-corrected chi connectivity index (χ1v) is 6.29. The minimum atomic E-state index is -1.08. The van der Waals surface area contributed by atoms with Gasteiger partial charge in [0.2, 0.25) is 0 Å². The molecule has 0 aromatic heterocycles. The summed E-state index contributed by atoms with van der Waals surface area (Å²) in [6.07, 6.45) is -0.852. The van der Waals surface area contributed by atoms with E-state index in [4.69, 9.17) is 19.3 Å². The third kappa shape index (κ3) is 4.92. The number of nitro benzene ring substituents is 1. The van der Waals surface area contributed by atoms with Crippen molar-refractivity contribution < 1.29 is 29.0 Å². The standard InChI is InChI=1S/C13H17NO7/c1-3-20-11(13(15)16)6-7-21-12-8-9(14(17)18)4-5-10(12)19-2/h4-5,8,11H,3,6-7H2,1-2H3,(H,15,16). The summed E-state index contributed by atoms with van der Waals surface area (Å²) in [5.74, 6) is -0.553. The van der Waals surface area contributed by atoms with Crippen molar-refractivity contribution in [2.24, 2.45) is 0 Å². The molecule has 0 fully saturated rings. The van der Waals surface area contributed by atoms with Gasteiger partial charge in [0.25, 0.3) is 5.69 Å². The first kappa shape index (κ1) is 16.7. The Morgan fingerprint density at radius 3 is 2.67 bits per heavy atom. The summed E-state index contributed by atoms with van der Waals surface area (Å²) < 4.78 is 15.5. The second-order valence-electron chi connectivity index (χ2n) is 4.01. The van der Waals surface area contributed by atoms with Crippen LogP contribution in [0.3, 0.4) is 0 Å². The number of rotatable bonds is 9. The van der Waals surface area contributed by atoms with E-state index in [0.717, 1.165) is 0 Å². The zero-order valence-corrected chi connectivity index (χ0v) is 11.8. The number of methoxy groups -OCH3 is 1. The third-order valence-corrected chi connectivity index (χ3v) is 2.64. The lowest BCUT2D eigenvalue weighted by Gasteiger charge is -2.14. The van der Waals surface area contributed by atoms with Crippen molar-refractivity contribution in [1.29, 1.82) is 0 Å². The zero-order chi connectivity index (χ0) is 15.8. The predicted octanol–water partition coefficient (Wildman–Crippen LogP) is 1.86. The van der Waals surface area contributed by atoms with Crippen molar-refractivity contribution in [1.82, 2.24) is 0 Å². The lowest BCUT2D eigenvalue weighted by molar-refractivity contribution is -0.385. The summed E-state index contributed by atoms with van der Waals surface area (Å²) in [5, 5.41) is 19.6. The summed E-state index contributed by atoms with van der Waals surface area (Å²) >= 11 is 0. The van der Waals surface area contributed by atoms with E-state index in [-0.39, 0.29) is 31.1 Å². The smallest absolute Gasteiger partial charge is 0.332 e. The number of carbonyl (C=O) groups is 1. The minimum absolute atomic E-state index is 0.0362. The molecular formula is C13H17NO7. The van der Waals surface area contributed by atoms with E-state index in [2.05, 4.69) is 0 Å².